The number of ether oxygens (including phenoxy) is 1. The van der Waals surface area contributed by atoms with Gasteiger partial charge in [0, 0.05) is 26.2 Å². The zero-order valence-corrected chi connectivity index (χ0v) is 13.7. The van der Waals surface area contributed by atoms with E-state index < -0.39 is 0 Å². The third kappa shape index (κ3) is 5.23. The number of benzene rings is 1. The number of nitrogens with one attached hydrogen (secondary N) is 1. The van der Waals surface area contributed by atoms with E-state index >= 15 is 0 Å². The van der Waals surface area contributed by atoms with E-state index in [4.69, 9.17) is 4.74 Å². The highest BCUT2D eigenvalue weighted by Gasteiger charge is 2.27. The third-order valence-electron chi connectivity index (χ3n) is 3.66. The molecule has 0 spiro atoms. The first-order valence-corrected chi connectivity index (χ1v) is 7.55. The van der Waals surface area contributed by atoms with E-state index in [1.165, 1.54) is 12.1 Å². The number of hydrogen-bond acceptors (Lipinski definition) is 3. The largest absolute Gasteiger partial charge is 0.372 e. The molecule has 1 atom stereocenters. The lowest BCUT2D eigenvalue weighted by molar-refractivity contribution is -0.139. The van der Waals surface area contributed by atoms with Gasteiger partial charge in [0.05, 0.1) is 6.04 Å². The first kappa shape index (κ1) is 18.9. The zero-order valence-electron chi connectivity index (χ0n) is 12.9. The fourth-order valence-electron chi connectivity index (χ4n) is 2.50. The van der Waals surface area contributed by atoms with Crippen LogP contribution in [0.1, 0.15) is 31.4 Å². The van der Waals surface area contributed by atoms with Crippen LogP contribution in [-0.4, -0.2) is 43.7 Å². The average Bonchev–Trinajstić information content (AvgIpc) is 2.51. The molecule has 1 aromatic rings. The lowest BCUT2D eigenvalue weighted by Gasteiger charge is -2.36. The Labute approximate surface area is 137 Å². The van der Waals surface area contributed by atoms with Gasteiger partial charge in [0.1, 0.15) is 12.4 Å². The maximum absolute atomic E-state index is 13.4. The van der Waals surface area contributed by atoms with Gasteiger partial charge in [-0.25, -0.2) is 4.39 Å². The first-order valence-electron chi connectivity index (χ1n) is 7.55. The Morgan fingerprint density at radius 3 is 3.05 bits per heavy atom. The molecular formula is C16H24ClFN2O2. The second-order valence-corrected chi connectivity index (χ2v) is 5.27. The number of amides is 1. The number of hydrogen-bond donors (Lipinski definition) is 1. The Bertz CT molecular complexity index is 473. The standard InChI is InChI=1S/C16H23FN2O2.ClH/c1-2-3-9-21-12-16(20)19-8-7-18-11-15(19)13-5-4-6-14(17)10-13;/h4-6,10,15,18H,2-3,7-9,11-12H2,1H3;1H. The van der Waals surface area contributed by atoms with Gasteiger partial charge in [0.25, 0.3) is 0 Å². The van der Waals surface area contributed by atoms with Gasteiger partial charge in [0.15, 0.2) is 0 Å². The molecular weight excluding hydrogens is 307 g/mol. The number of unbranched alkanes of at least 4 members (excludes halogenated alkanes) is 1. The van der Waals surface area contributed by atoms with Crippen molar-refractivity contribution in [2.45, 2.75) is 25.8 Å². The molecule has 124 valence electrons. The van der Waals surface area contributed by atoms with E-state index in [9.17, 15) is 9.18 Å². The summed E-state index contributed by atoms with van der Waals surface area (Å²) in [5, 5.41) is 3.26. The molecule has 1 N–H and O–H groups in total. The van der Waals surface area contributed by atoms with E-state index in [1.54, 1.807) is 11.0 Å². The van der Waals surface area contributed by atoms with Crippen molar-refractivity contribution in [3.8, 4) is 0 Å². The molecule has 6 heteroatoms. The molecule has 2 rings (SSSR count). The Hall–Kier alpha value is -1.17. The quantitative estimate of drug-likeness (QED) is 0.815. The van der Waals surface area contributed by atoms with Crippen molar-refractivity contribution < 1.29 is 13.9 Å². The Morgan fingerprint density at radius 1 is 1.50 bits per heavy atom. The topological polar surface area (TPSA) is 41.6 Å². The van der Waals surface area contributed by atoms with Gasteiger partial charge >= 0.3 is 0 Å². The number of nitrogens with zero attached hydrogens (tertiary/aromatic N) is 1. The molecule has 1 saturated heterocycles. The van der Waals surface area contributed by atoms with Gasteiger partial charge in [-0.15, -0.1) is 12.4 Å². The SMILES string of the molecule is CCCCOCC(=O)N1CCNCC1c1cccc(F)c1.Cl. The van der Waals surface area contributed by atoms with Crippen LogP contribution in [0.15, 0.2) is 24.3 Å². The lowest BCUT2D eigenvalue weighted by Crippen LogP contribution is -2.49. The lowest BCUT2D eigenvalue weighted by atomic mass is 10.0. The van der Waals surface area contributed by atoms with Crippen LogP contribution in [0.3, 0.4) is 0 Å². The molecule has 4 nitrogen and oxygen atoms in total. The molecule has 1 amide bonds. The summed E-state index contributed by atoms with van der Waals surface area (Å²) in [6, 6.07) is 6.32. The Kier molecular flexibility index (Phi) is 8.38. The smallest absolute Gasteiger partial charge is 0.249 e. The van der Waals surface area contributed by atoms with Gasteiger partial charge in [-0.3, -0.25) is 4.79 Å². The minimum Gasteiger partial charge on any atom is -0.372 e. The monoisotopic (exact) mass is 330 g/mol. The molecule has 0 radical (unpaired) electrons. The van der Waals surface area contributed by atoms with Crippen molar-refractivity contribution >= 4 is 18.3 Å². The fraction of sp³-hybridized carbons (Fsp3) is 0.562. The number of piperazine rings is 1. The molecule has 1 aromatic carbocycles. The molecule has 0 bridgehead atoms. The van der Waals surface area contributed by atoms with Gasteiger partial charge in [-0.1, -0.05) is 25.5 Å². The van der Waals surface area contributed by atoms with E-state index in [0.29, 0.717) is 19.7 Å². The van der Waals surface area contributed by atoms with Crippen LogP contribution in [0, 0.1) is 5.82 Å². The summed E-state index contributed by atoms with van der Waals surface area (Å²) in [6.07, 6.45) is 2.01. The molecule has 1 heterocycles. The number of carbonyl (C=O) groups is 1. The second-order valence-electron chi connectivity index (χ2n) is 5.27. The van der Waals surface area contributed by atoms with Crippen molar-refractivity contribution in [2.24, 2.45) is 0 Å². The van der Waals surface area contributed by atoms with Crippen molar-refractivity contribution in [1.29, 1.82) is 0 Å². The predicted octanol–water partition coefficient (Wildman–Crippen LogP) is 2.54. The summed E-state index contributed by atoms with van der Waals surface area (Å²) in [5.74, 6) is -0.300. The number of carbonyl (C=O) groups excluding carboxylic acids is 1. The molecule has 0 aliphatic carbocycles. The molecule has 22 heavy (non-hydrogen) atoms. The van der Waals surface area contributed by atoms with Crippen molar-refractivity contribution in [3.63, 3.8) is 0 Å². The van der Waals surface area contributed by atoms with Crippen LogP contribution < -0.4 is 5.32 Å². The summed E-state index contributed by atoms with van der Waals surface area (Å²) < 4.78 is 18.8. The summed E-state index contributed by atoms with van der Waals surface area (Å²) >= 11 is 0. The minimum atomic E-state index is -0.273. The highest BCUT2D eigenvalue weighted by Crippen LogP contribution is 2.23. The first-order chi connectivity index (χ1) is 10.2. The molecule has 1 aliphatic heterocycles. The minimum absolute atomic E-state index is 0. The number of halogens is 2. The molecule has 1 unspecified atom stereocenters. The van der Waals surface area contributed by atoms with Crippen LogP contribution >= 0.6 is 12.4 Å². The normalized spacial score (nSPS) is 17.9. The van der Waals surface area contributed by atoms with Crippen molar-refractivity contribution in [2.75, 3.05) is 32.8 Å². The van der Waals surface area contributed by atoms with Crippen LogP contribution in [0.25, 0.3) is 0 Å². The summed E-state index contributed by atoms with van der Waals surface area (Å²) in [5.41, 5.74) is 0.823. The second kappa shape index (κ2) is 9.77. The van der Waals surface area contributed by atoms with Crippen LogP contribution in [-0.2, 0) is 9.53 Å². The maximum atomic E-state index is 13.4. The van der Waals surface area contributed by atoms with E-state index in [-0.39, 0.29) is 36.8 Å². The predicted molar refractivity (Wildman–Crippen MR) is 86.7 cm³/mol. The van der Waals surface area contributed by atoms with Gasteiger partial charge < -0.3 is 15.0 Å². The van der Waals surface area contributed by atoms with Crippen LogP contribution in [0.2, 0.25) is 0 Å². The third-order valence-corrected chi connectivity index (χ3v) is 3.66. The van der Waals surface area contributed by atoms with E-state index in [1.807, 2.05) is 6.07 Å². The number of rotatable bonds is 6. The highest BCUT2D eigenvalue weighted by atomic mass is 35.5. The van der Waals surface area contributed by atoms with Crippen molar-refractivity contribution in [3.05, 3.63) is 35.6 Å². The Balaban J connectivity index is 0.00000242. The van der Waals surface area contributed by atoms with E-state index in [0.717, 1.165) is 24.9 Å². The van der Waals surface area contributed by atoms with Gasteiger partial charge in [0.2, 0.25) is 5.91 Å². The van der Waals surface area contributed by atoms with Gasteiger partial charge in [-0.05, 0) is 24.1 Å². The van der Waals surface area contributed by atoms with Crippen LogP contribution in [0.4, 0.5) is 4.39 Å². The van der Waals surface area contributed by atoms with E-state index in [2.05, 4.69) is 12.2 Å². The highest BCUT2D eigenvalue weighted by molar-refractivity contribution is 5.85. The molecule has 1 aliphatic rings. The van der Waals surface area contributed by atoms with Crippen LogP contribution in [0.5, 0.6) is 0 Å². The molecule has 1 fully saturated rings. The Morgan fingerprint density at radius 2 is 2.32 bits per heavy atom. The summed E-state index contributed by atoms with van der Waals surface area (Å²) in [6.45, 7) is 4.82. The summed E-state index contributed by atoms with van der Waals surface area (Å²) in [7, 11) is 0. The average molecular weight is 331 g/mol. The summed E-state index contributed by atoms with van der Waals surface area (Å²) in [4.78, 5) is 14.1. The molecule has 0 aromatic heterocycles. The zero-order chi connectivity index (χ0) is 15.1. The van der Waals surface area contributed by atoms with Gasteiger partial charge in [-0.2, -0.15) is 0 Å². The maximum Gasteiger partial charge on any atom is 0.249 e. The fourth-order valence-corrected chi connectivity index (χ4v) is 2.50. The molecule has 0 saturated carbocycles. The van der Waals surface area contributed by atoms with Crippen molar-refractivity contribution in [1.82, 2.24) is 10.2 Å².